The standard InChI is InChI=1S/C36H48ClN3O9S/c1-5-36(4)17-14-29(22-31(36)26(2)23-37)27(3)24-39-18-15-28(16-19-39)25-48-33(42)13-9-12-32(41)46-20-21-47-34-35(40(43)49-38-34)50(44,45)30-10-7-6-8-11-30/h5-8,10-11,28-29,31H,1-3,9,12-25H2,4H3/t29-,31+,36-/m1/s1. The van der Waals surface area contributed by atoms with Crippen molar-refractivity contribution in [2.45, 2.75) is 68.2 Å². The minimum Gasteiger partial charge on any atom is -0.465 e. The number of halogens is 1. The second-order valence-corrected chi connectivity index (χ2v) is 15.5. The molecule has 274 valence electrons. The molecule has 2 aliphatic rings. The number of likely N-dealkylation sites (tertiary alicyclic amines) is 1. The molecule has 0 bridgehead atoms. The molecule has 1 aromatic heterocycles. The molecule has 2 heterocycles. The lowest BCUT2D eigenvalue weighted by Gasteiger charge is -2.45. The highest BCUT2D eigenvalue weighted by molar-refractivity contribution is 7.91. The van der Waals surface area contributed by atoms with Gasteiger partial charge in [-0.2, -0.15) is 0 Å². The highest BCUT2D eigenvalue weighted by Gasteiger charge is 2.40. The van der Waals surface area contributed by atoms with Crippen LogP contribution in [0.5, 0.6) is 5.88 Å². The Labute approximate surface area is 299 Å². The van der Waals surface area contributed by atoms with Crippen LogP contribution in [-0.4, -0.2) is 75.7 Å². The van der Waals surface area contributed by atoms with Crippen LogP contribution in [-0.2, 0) is 28.9 Å². The maximum atomic E-state index is 12.8. The Balaban J connectivity index is 1.07. The van der Waals surface area contributed by atoms with Gasteiger partial charge in [-0.15, -0.1) is 18.2 Å². The van der Waals surface area contributed by atoms with E-state index in [4.69, 9.17) is 25.8 Å². The number of esters is 2. The van der Waals surface area contributed by atoms with Crippen LogP contribution in [0.1, 0.15) is 58.3 Å². The second-order valence-electron chi connectivity index (χ2n) is 13.4. The first-order valence-corrected chi connectivity index (χ1v) is 19.0. The van der Waals surface area contributed by atoms with Crippen molar-refractivity contribution in [3.05, 3.63) is 72.5 Å². The largest absolute Gasteiger partial charge is 0.465 e. The van der Waals surface area contributed by atoms with Gasteiger partial charge in [-0.1, -0.05) is 55.5 Å². The molecular weight excluding hydrogens is 686 g/mol. The van der Waals surface area contributed by atoms with Crippen LogP contribution in [0.4, 0.5) is 0 Å². The lowest BCUT2D eigenvalue weighted by Crippen LogP contribution is -2.39. The van der Waals surface area contributed by atoms with E-state index in [9.17, 15) is 23.2 Å². The van der Waals surface area contributed by atoms with Crippen molar-refractivity contribution in [1.82, 2.24) is 10.1 Å². The number of aromatic nitrogens is 2. The number of ether oxygens (including phenoxy) is 3. The molecule has 2 fully saturated rings. The molecule has 2 aromatic rings. The Bertz CT molecular complexity index is 1610. The number of carbonyl (C=O) groups excluding carboxylic acids is 2. The zero-order valence-corrected chi connectivity index (χ0v) is 30.3. The summed E-state index contributed by atoms with van der Waals surface area (Å²) in [6.45, 7) is 17.6. The number of hydrogen-bond acceptors (Lipinski definition) is 11. The van der Waals surface area contributed by atoms with E-state index < -0.39 is 26.7 Å². The summed E-state index contributed by atoms with van der Waals surface area (Å²) in [6, 6.07) is 7.28. The maximum Gasteiger partial charge on any atom is 0.415 e. The predicted octanol–water partition coefficient (Wildman–Crippen LogP) is 5.45. The van der Waals surface area contributed by atoms with Crippen LogP contribution in [0.25, 0.3) is 0 Å². The Morgan fingerprint density at radius 2 is 1.78 bits per heavy atom. The number of allylic oxidation sites excluding steroid dienone is 2. The van der Waals surface area contributed by atoms with E-state index in [-0.39, 0.29) is 59.6 Å². The summed E-state index contributed by atoms with van der Waals surface area (Å²) in [7, 11) is -4.26. The van der Waals surface area contributed by atoms with Crippen molar-refractivity contribution >= 4 is 33.4 Å². The lowest BCUT2D eigenvalue weighted by molar-refractivity contribution is -0.832. The highest BCUT2D eigenvalue weighted by Crippen LogP contribution is 2.49. The number of benzene rings is 1. The van der Waals surface area contributed by atoms with Gasteiger partial charge in [-0.25, -0.2) is 8.42 Å². The quantitative estimate of drug-likeness (QED) is 0.0632. The average Bonchev–Trinajstić information content (AvgIpc) is 3.50. The first-order valence-electron chi connectivity index (χ1n) is 17.0. The second kappa shape index (κ2) is 18.0. The molecule has 0 unspecified atom stereocenters. The number of alkyl halides is 1. The fraction of sp³-hybridized carbons (Fsp3) is 0.556. The summed E-state index contributed by atoms with van der Waals surface area (Å²) in [4.78, 5) is 26.5. The number of rotatable bonds is 18. The van der Waals surface area contributed by atoms with Crippen molar-refractivity contribution in [2.75, 3.05) is 45.3 Å². The summed E-state index contributed by atoms with van der Waals surface area (Å²) in [6.07, 6.45) is 7.39. The first kappa shape index (κ1) is 39.1. The van der Waals surface area contributed by atoms with Gasteiger partial charge in [0.05, 0.1) is 16.7 Å². The third-order valence-corrected chi connectivity index (χ3v) is 11.9. The van der Waals surface area contributed by atoms with Crippen molar-refractivity contribution < 1.29 is 41.7 Å². The minimum absolute atomic E-state index is 0.00983. The molecule has 1 aliphatic carbocycles. The van der Waals surface area contributed by atoms with Crippen LogP contribution in [0, 0.1) is 28.4 Å². The van der Waals surface area contributed by atoms with Gasteiger partial charge in [0, 0.05) is 25.3 Å². The van der Waals surface area contributed by atoms with Gasteiger partial charge in [0.1, 0.15) is 13.2 Å². The van der Waals surface area contributed by atoms with Crippen LogP contribution < -0.4 is 9.64 Å². The average molecular weight is 734 g/mol. The first-order chi connectivity index (χ1) is 23.9. The van der Waals surface area contributed by atoms with Gasteiger partial charge in [0.15, 0.2) is 0 Å². The minimum atomic E-state index is -4.26. The van der Waals surface area contributed by atoms with Crippen molar-refractivity contribution in [2.24, 2.45) is 23.2 Å². The van der Waals surface area contributed by atoms with Gasteiger partial charge in [-0.3, -0.25) is 19.1 Å². The Morgan fingerprint density at radius 1 is 1.10 bits per heavy atom. The van der Waals surface area contributed by atoms with Crippen molar-refractivity contribution in [1.29, 1.82) is 0 Å². The highest BCUT2D eigenvalue weighted by atomic mass is 35.5. The molecule has 4 rings (SSSR count). The topological polar surface area (TPSA) is 152 Å². The van der Waals surface area contributed by atoms with Crippen LogP contribution in [0.2, 0.25) is 0 Å². The van der Waals surface area contributed by atoms with E-state index in [0.29, 0.717) is 24.3 Å². The monoisotopic (exact) mass is 733 g/mol. The summed E-state index contributed by atoms with van der Waals surface area (Å²) in [5.41, 5.74) is 2.35. The predicted molar refractivity (Wildman–Crippen MR) is 186 cm³/mol. The molecule has 12 nitrogen and oxygen atoms in total. The van der Waals surface area contributed by atoms with Gasteiger partial charge < -0.3 is 19.4 Å². The van der Waals surface area contributed by atoms with E-state index in [2.05, 4.69) is 47.4 Å². The SMILES string of the molecule is C=C[C@]1(C)CC[C@@H](C(=C)CN2CCC(COC(=O)CCCC(=O)OCCOc3no[n+]([O-])c3S(=O)(=O)c3ccccc3)CC2)C[C@H]1C(=C)CCl. The lowest BCUT2D eigenvalue weighted by atomic mass is 9.61. The molecule has 0 radical (unpaired) electrons. The van der Waals surface area contributed by atoms with Crippen molar-refractivity contribution in [3.63, 3.8) is 0 Å². The summed E-state index contributed by atoms with van der Waals surface area (Å²) in [5.74, 6) is 0.0235. The van der Waals surface area contributed by atoms with E-state index in [1.54, 1.807) is 6.07 Å². The fourth-order valence-corrected chi connectivity index (χ4v) is 8.15. The van der Waals surface area contributed by atoms with Gasteiger partial charge >= 0.3 is 22.8 Å². The van der Waals surface area contributed by atoms with E-state index in [1.165, 1.54) is 29.8 Å². The van der Waals surface area contributed by atoms with Gasteiger partial charge in [0.2, 0.25) is 0 Å². The number of nitrogens with zero attached hydrogens (tertiary/aromatic N) is 3. The third kappa shape index (κ3) is 10.2. The maximum absolute atomic E-state index is 12.8. The zero-order chi connectivity index (χ0) is 36.3. The molecule has 1 aliphatic heterocycles. The van der Waals surface area contributed by atoms with Crippen LogP contribution in [0.15, 0.2) is 81.8 Å². The Kier molecular flexibility index (Phi) is 14.1. The molecule has 50 heavy (non-hydrogen) atoms. The molecule has 14 heteroatoms. The molecule has 1 saturated heterocycles. The molecule has 0 spiro atoms. The summed E-state index contributed by atoms with van der Waals surface area (Å²) in [5, 5.41) is 14.5. The Morgan fingerprint density at radius 3 is 2.44 bits per heavy atom. The van der Waals surface area contributed by atoms with E-state index in [0.717, 1.165) is 57.3 Å². The number of hydrogen-bond donors (Lipinski definition) is 0. The third-order valence-electron chi connectivity index (χ3n) is 9.87. The molecule has 1 aromatic carbocycles. The fourth-order valence-electron chi connectivity index (χ4n) is 6.67. The normalized spacial score (nSPS) is 21.6. The number of carbonyl (C=O) groups is 2. The Hall–Kier alpha value is -3.68. The molecular formula is C36H48ClN3O9S. The summed E-state index contributed by atoms with van der Waals surface area (Å²) >= 11 is 6.17. The smallest absolute Gasteiger partial charge is 0.415 e. The summed E-state index contributed by atoms with van der Waals surface area (Å²) < 4.78 is 45.9. The van der Waals surface area contributed by atoms with Crippen molar-refractivity contribution in [3.8, 4) is 5.88 Å². The molecule has 0 amide bonds. The zero-order valence-electron chi connectivity index (χ0n) is 28.7. The van der Waals surface area contributed by atoms with Gasteiger partial charge in [-0.05, 0) is 91.8 Å². The molecule has 1 saturated carbocycles. The number of piperidine rings is 1. The van der Waals surface area contributed by atoms with E-state index >= 15 is 0 Å². The van der Waals surface area contributed by atoms with Crippen LogP contribution >= 0.6 is 11.6 Å². The molecule has 0 N–H and O–H groups in total. The number of sulfone groups is 1. The molecule has 3 atom stereocenters. The van der Waals surface area contributed by atoms with Gasteiger partial charge in [0.25, 0.3) is 9.84 Å². The van der Waals surface area contributed by atoms with E-state index in [1.807, 2.05) is 0 Å². The van der Waals surface area contributed by atoms with Crippen LogP contribution in [0.3, 0.4) is 0 Å².